The highest BCUT2D eigenvalue weighted by Gasteiger charge is 2.42. The molecule has 156 valence electrons. The van der Waals surface area contributed by atoms with Crippen molar-refractivity contribution >= 4 is 43.8 Å². The van der Waals surface area contributed by atoms with E-state index in [-0.39, 0.29) is 26.4 Å². The fourth-order valence-corrected chi connectivity index (χ4v) is 2.62. The summed E-state index contributed by atoms with van der Waals surface area (Å²) in [7, 11) is 0. The third kappa shape index (κ3) is 6.54. The zero-order valence-corrected chi connectivity index (χ0v) is 19.7. The predicted molar refractivity (Wildman–Crippen MR) is 111 cm³/mol. The van der Waals surface area contributed by atoms with Crippen LogP contribution in [-0.4, -0.2) is 47.0 Å². The monoisotopic (exact) mass is 520 g/mol. The van der Waals surface area contributed by atoms with Gasteiger partial charge in [-0.3, -0.25) is 9.59 Å². The Morgan fingerprint density at radius 1 is 0.964 bits per heavy atom. The van der Waals surface area contributed by atoms with Gasteiger partial charge in [-0.2, -0.15) is 0 Å². The summed E-state index contributed by atoms with van der Waals surface area (Å²) in [6.07, 6.45) is -0.513. The van der Waals surface area contributed by atoms with Crippen LogP contribution in [0.3, 0.4) is 0 Å². The summed E-state index contributed by atoms with van der Waals surface area (Å²) in [5.41, 5.74) is 0.112. The highest BCUT2D eigenvalue weighted by Crippen LogP contribution is 2.34. The zero-order valence-electron chi connectivity index (χ0n) is 16.5. The summed E-state index contributed by atoms with van der Waals surface area (Å²) in [6.45, 7) is 7.28. The average molecular weight is 522 g/mol. The Morgan fingerprint density at radius 3 is 1.79 bits per heavy atom. The molecule has 0 atom stereocenters. The van der Waals surface area contributed by atoms with E-state index >= 15 is 0 Å². The van der Waals surface area contributed by atoms with E-state index in [9.17, 15) is 9.59 Å². The second-order valence-electron chi connectivity index (χ2n) is 7.96. The van der Waals surface area contributed by atoms with Gasteiger partial charge in [-0.05, 0) is 27.7 Å². The molecule has 0 aromatic heterocycles. The standard InChI is InChI=1S/C20H26Br2O6/c1-18(2,21)16(23)27-12-20(13-28-17(24)19(3,4)22)10-25-15(26-11-20)14-8-6-5-7-9-14/h5-9,15H,10-13H2,1-4H3. The van der Waals surface area contributed by atoms with Crippen LogP contribution in [0, 0.1) is 5.41 Å². The van der Waals surface area contributed by atoms with Crippen LogP contribution in [-0.2, 0) is 28.5 Å². The largest absolute Gasteiger partial charge is 0.464 e. The number of benzene rings is 1. The number of esters is 2. The van der Waals surface area contributed by atoms with Crippen LogP contribution in [0.2, 0.25) is 0 Å². The fourth-order valence-electron chi connectivity index (χ4n) is 2.39. The molecule has 0 aliphatic carbocycles. The second-order valence-corrected chi connectivity index (χ2v) is 11.9. The Labute approximate surface area is 182 Å². The van der Waals surface area contributed by atoms with Gasteiger partial charge in [0.1, 0.15) is 21.9 Å². The van der Waals surface area contributed by atoms with E-state index in [2.05, 4.69) is 31.9 Å². The maximum atomic E-state index is 12.2. The molecule has 0 amide bonds. The maximum Gasteiger partial charge on any atom is 0.322 e. The highest BCUT2D eigenvalue weighted by molar-refractivity contribution is 9.10. The number of ether oxygens (including phenoxy) is 4. The summed E-state index contributed by atoms with van der Waals surface area (Å²) in [5.74, 6) is -0.826. The van der Waals surface area contributed by atoms with Crippen LogP contribution in [0.25, 0.3) is 0 Å². The topological polar surface area (TPSA) is 71.1 Å². The van der Waals surface area contributed by atoms with Crippen LogP contribution < -0.4 is 0 Å². The summed E-state index contributed by atoms with van der Waals surface area (Å²) in [6, 6.07) is 9.56. The lowest BCUT2D eigenvalue weighted by Gasteiger charge is -2.39. The lowest BCUT2D eigenvalue weighted by molar-refractivity contribution is -0.252. The van der Waals surface area contributed by atoms with Gasteiger partial charge in [0, 0.05) is 5.56 Å². The molecule has 8 heteroatoms. The van der Waals surface area contributed by atoms with Crippen LogP contribution >= 0.6 is 31.9 Å². The van der Waals surface area contributed by atoms with Crippen LogP contribution in [0.5, 0.6) is 0 Å². The Bertz CT molecular complexity index is 638. The number of rotatable bonds is 7. The SMILES string of the molecule is CC(C)(Br)C(=O)OCC1(COC(=O)C(C)(C)Br)COC(c2ccccc2)OC1. The van der Waals surface area contributed by atoms with E-state index in [4.69, 9.17) is 18.9 Å². The highest BCUT2D eigenvalue weighted by atomic mass is 79.9. The van der Waals surface area contributed by atoms with Gasteiger partial charge in [-0.15, -0.1) is 0 Å². The first-order valence-electron chi connectivity index (χ1n) is 8.93. The van der Waals surface area contributed by atoms with Gasteiger partial charge in [-0.1, -0.05) is 62.2 Å². The van der Waals surface area contributed by atoms with Crippen LogP contribution in [0.15, 0.2) is 30.3 Å². The lowest BCUT2D eigenvalue weighted by Crippen LogP contribution is -2.48. The number of carbonyl (C=O) groups is 2. The van der Waals surface area contributed by atoms with Gasteiger partial charge in [0.05, 0.1) is 18.6 Å². The van der Waals surface area contributed by atoms with E-state index in [0.29, 0.717) is 0 Å². The number of carbonyl (C=O) groups excluding carboxylic acids is 2. The predicted octanol–water partition coefficient (Wildman–Crippen LogP) is 4.15. The summed E-state index contributed by atoms with van der Waals surface area (Å²) in [4.78, 5) is 24.3. The molecular weight excluding hydrogens is 496 g/mol. The molecule has 28 heavy (non-hydrogen) atoms. The smallest absolute Gasteiger partial charge is 0.322 e. The van der Waals surface area contributed by atoms with E-state index < -0.39 is 32.3 Å². The fraction of sp³-hybridized carbons (Fsp3) is 0.600. The van der Waals surface area contributed by atoms with E-state index in [1.54, 1.807) is 27.7 Å². The molecule has 1 fully saturated rings. The van der Waals surface area contributed by atoms with Crippen molar-refractivity contribution in [3.8, 4) is 0 Å². The number of halogens is 2. The average Bonchev–Trinajstić information content (AvgIpc) is 2.64. The molecule has 0 spiro atoms. The third-order valence-electron chi connectivity index (χ3n) is 4.14. The molecule has 0 saturated carbocycles. The molecule has 1 aromatic carbocycles. The van der Waals surface area contributed by atoms with Gasteiger partial charge in [0.15, 0.2) is 6.29 Å². The summed E-state index contributed by atoms with van der Waals surface area (Å²) < 4.78 is 21.1. The minimum atomic E-state index is -0.814. The van der Waals surface area contributed by atoms with Gasteiger partial charge in [0.2, 0.25) is 0 Å². The van der Waals surface area contributed by atoms with Crippen molar-refractivity contribution < 1.29 is 28.5 Å². The molecule has 1 heterocycles. The van der Waals surface area contributed by atoms with Crippen molar-refractivity contribution in [1.82, 2.24) is 0 Å². The molecule has 0 N–H and O–H groups in total. The lowest BCUT2D eigenvalue weighted by atomic mass is 9.91. The van der Waals surface area contributed by atoms with Crippen molar-refractivity contribution in [2.45, 2.75) is 42.6 Å². The first kappa shape index (κ1) is 23.3. The zero-order chi connectivity index (χ0) is 21.0. The van der Waals surface area contributed by atoms with Crippen molar-refractivity contribution in [1.29, 1.82) is 0 Å². The Morgan fingerprint density at radius 2 is 1.39 bits per heavy atom. The Hall–Kier alpha value is -0.960. The third-order valence-corrected chi connectivity index (χ3v) is 4.79. The Kier molecular flexibility index (Phi) is 7.69. The molecule has 0 unspecified atom stereocenters. The second kappa shape index (κ2) is 9.24. The van der Waals surface area contributed by atoms with Gasteiger partial charge < -0.3 is 18.9 Å². The van der Waals surface area contributed by atoms with Gasteiger partial charge in [0.25, 0.3) is 0 Å². The minimum Gasteiger partial charge on any atom is -0.464 e. The number of hydrogen-bond acceptors (Lipinski definition) is 6. The molecule has 2 rings (SSSR count). The van der Waals surface area contributed by atoms with Crippen LogP contribution in [0.4, 0.5) is 0 Å². The maximum absolute atomic E-state index is 12.2. The minimum absolute atomic E-state index is 0.0123. The molecule has 1 saturated heterocycles. The Balaban J connectivity index is 2.07. The van der Waals surface area contributed by atoms with E-state index in [1.165, 1.54) is 0 Å². The number of hydrogen-bond donors (Lipinski definition) is 0. The molecule has 1 aliphatic rings. The molecule has 1 aliphatic heterocycles. The van der Waals surface area contributed by atoms with Crippen molar-refractivity contribution in [3.05, 3.63) is 35.9 Å². The van der Waals surface area contributed by atoms with Crippen molar-refractivity contribution in [3.63, 3.8) is 0 Å². The first-order valence-corrected chi connectivity index (χ1v) is 10.5. The normalized spacial score (nSPS) is 17.8. The van der Waals surface area contributed by atoms with Gasteiger partial charge in [-0.25, -0.2) is 0 Å². The van der Waals surface area contributed by atoms with Crippen molar-refractivity contribution in [2.75, 3.05) is 26.4 Å². The molecule has 0 bridgehead atoms. The van der Waals surface area contributed by atoms with Crippen molar-refractivity contribution in [2.24, 2.45) is 5.41 Å². The van der Waals surface area contributed by atoms with Crippen LogP contribution in [0.1, 0.15) is 39.5 Å². The quantitative estimate of drug-likeness (QED) is 0.396. The summed E-state index contributed by atoms with van der Waals surface area (Å²) >= 11 is 6.57. The number of alkyl halides is 2. The van der Waals surface area contributed by atoms with E-state index in [0.717, 1.165) is 5.56 Å². The molecule has 0 radical (unpaired) electrons. The summed E-state index contributed by atoms with van der Waals surface area (Å²) in [5, 5.41) is 0. The first-order chi connectivity index (χ1) is 12.9. The molecule has 6 nitrogen and oxygen atoms in total. The molecule has 1 aromatic rings. The van der Waals surface area contributed by atoms with E-state index in [1.807, 2.05) is 30.3 Å². The van der Waals surface area contributed by atoms with Gasteiger partial charge >= 0.3 is 11.9 Å². The molecular formula is C20H26Br2O6.